The normalized spacial score (nSPS) is 14.6. The van der Waals surface area contributed by atoms with Crippen LogP contribution in [0.5, 0.6) is 34.5 Å². The molecule has 0 aliphatic heterocycles. The van der Waals surface area contributed by atoms with Gasteiger partial charge in [0.05, 0.1) is 44.6 Å². The van der Waals surface area contributed by atoms with E-state index in [1.165, 1.54) is 0 Å². The molecule has 0 amide bonds. The van der Waals surface area contributed by atoms with E-state index >= 15 is 9.13 Å². The molecule has 0 heterocycles. The number of rotatable bonds is 13. The maximum atomic E-state index is 19.2. The van der Waals surface area contributed by atoms with Gasteiger partial charge in [-0.05, 0) is 142 Å². The predicted octanol–water partition coefficient (Wildman–Crippen LogP) is 19.8. The van der Waals surface area contributed by atoms with Gasteiger partial charge in [-0.15, -0.1) is 0 Å². The minimum absolute atomic E-state index is 0.00497. The van der Waals surface area contributed by atoms with Crippen molar-refractivity contribution in [3.05, 3.63) is 127 Å². The molecule has 6 aromatic carbocycles. The summed E-state index contributed by atoms with van der Waals surface area (Å²) in [5.74, 6) is 2.70. The topological polar surface area (TPSA) is 101 Å². The number of phenolic OH excluding ortho intramolecular Hbond substituents is 1. The van der Waals surface area contributed by atoms with Crippen LogP contribution in [0.3, 0.4) is 0 Å². The Labute approximate surface area is 553 Å². The van der Waals surface area contributed by atoms with Crippen molar-refractivity contribution in [1.29, 1.82) is 0 Å². The number of ether oxygens (including phenoxy) is 5. The van der Waals surface area contributed by atoms with Gasteiger partial charge in [0.1, 0.15) is 34.5 Å². The van der Waals surface area contributed by atoms with E-state index in [0.29, 0.717) is 49.5 Å². The monoisotopic (exact) mass is 1300 g/mol. The van der Waals surface area contributed by atoms with Crippen molar-refractivity contribution in [2.24, 2.45) is 0 Å². The zero-order valence-electron chi connectivity index (χ0n) is 60.0. The maximum Gasteiger partial charge on any atom is 0.171 e. The van der Waals surface area contributed by atoms with E-state index in [-0.39, 0.29) is 44.1 Å². The van der Waals surface area contributed by atoms with E-state index in [9.17, 15) is 5.11 Å². The summed E-state index contributed by atoms with van der Waals surface area (Å²) in [6.45, 7) is 51.5. The molecule has 1 saturated carbocycles. The zero-order chi connectivity index (χ0) is 68.0. The highest BCUT2D eigenvalue weighted by atomic mass is 35.5. The molecule has 0 bridgehead atoms. The average molecular weight is 1310 g/mol. The molecular formula is C78H108Cl2O8P2. The van der Waals surface area contributed by atoms with Crippen LogP contribution < -0.4 is 55.5 Å². The van der Waals surface area contributed by atoms with Gasteiger partial charge in [-0.2, -0.15) is 0 Å². The lowest BCUT2D eigenvalue weighted by Crippen LogP contribution is -2.34. The van der Waals surface area contributed by atoms with Crippen LogP contribution in [0.15, 0.2) is 72.8 Å². The summed E-state index contributed by atoms with van der Waals surface area (Å²) in [7, 11) is -2.09. The van der Waals surface area contributed by atoms with Crippen LogP contribution in [0.25, 0.3) is 11.1 Å². The number of benzene rings is 6. The second-order valence-corrected chi connectivity index (χ2v) is 39.7. The Morgan fingerprint density at radius 1 is 0.356 bits per heavy atom. The van der Waals surface area contributed by atoms with Crippen molar-refractivity contribution in [1.82, 2.24) is 0 Å². The van der Waals surface area contributed by atoms with E-state index in [4.69, 9.17) is 46.9 Å². The quantitative estimate of drug-likeness (QED) is 0.114. The predicted molar refractivity (Wildman–Crippen MR) is 386 cm³/mol. The van der Waals surface area contributed by atoms with Crippen molar-refractivity contribution in [3.8, 4) is 45.6 Å². The fraction of sp³-hybridized carbons (Fsp3) is 0.538. The van der Waals surface area contributed by atoms with Gasteiger partial charge < -0.3 is 37.9 Å². The van der Waals surface area contributed by atoms with E-state index in [2.05, 4.69) is 190 Å². The number of methoxy groups -OCH3 is 4. The average Bonchev–Trinajstić information content (AvgIpc) is 0.712. The lowest BCUT2D eigenvalue weighted by Gasteiger charge is -2.36. The highest BCUT2D eigenvalue weighted by Crippen LogP contribution is 2.59. The maximum absolute atomic E-state index is 19.2. The summed E-state index contributed by atoms with van der Waals surface area (Å²) in [5.41, 5.74) is 3.06. The van der Waals surface area contributed by atoms with Gasteiger partial charge in [0.25, 0.3) is 0 Å². The second-order valence-electron chi connectivity index (χ2n) is 33.5. The fourth-order valence-corrected chi connectivity index (χ4v) is 19.1. The molecule has 0 saturated heterocycles. The summed E-state index contributed by atoms with van der Waals surface area (Å²) < 4.78 is 71.4. The highest BCUT2D eigenvalue weighted by molar-refractivity contribution is 7.86. The standard InChI is InChI=1S/C78H108Cl2O8P2/c1-71(2,3)51-38-47(39-52(66(51)84-25)72(4,5)6)89(82,48-40-53(73(7,8)9)67(85-26)54(41-48)74(10,11)12)61-36-34-59(79)65(81)63(61)64-62(37-35-60(80)70(64)88-46-32-30-29-31-33-46)90(83,49-42-55(75(13,14)15)68(86-27)56(43-49)76(16,17)18)50-44-57(77(19,20)21)69(87-28)58(45-50)78(22,23)24/h34-46,81H,29-33H2,1-28H3. The molecule has 492 valence electrons. The van der Waals surface area contributed by atoms with Crippen LogP contribution in [-0.2, 0) is 52.5 Å². The Morgan fingerprint density at radius 2 is 0.589 bits per heavy atom. The third kappa shape index (κ3) is 13.9. The minimum Gasteiger partial charge on any atom is -0.506 e. The van der Waals surface area contributed by atoms with E-state index in [0.717, 1.165) is 76.6 Å². The van der Waals surface area contributed by atoms with E-state index < -0.39 is 57.6 Å². The number of hydrogen-bond acceptors (Lipinski definition) is 8. The molecule has 12 heteroatoms. The Balaban J connectivity index is 1.93. The Kier molecular flexibility index (Phi) is 20.3. The van der Waals surface area contributed by atoms with Crippen molar-refractivity contribution in [2.45, 2.75) is 248 Å². The number of phenols is 1. The number of hydrogen-bond donors (Lipinski definition) is 1. The first-order chi connectivity index (χ1) is 41.0. The smallest absolute Gasteiger partial charge is 0.171 e. The molecule has 8 nitrogen and oxygen atoms in total. The van der Waals surface area contributed by atoms with Gasteiger partial charge >= 0.3 is 0 Å². The summed E-state index contributed by atoms with van der Waals surface area (Å²) in [4.78, 5) is 0. The molecule has 7 rings (SSSR count). The lowest BCUT2D eigenvalue weighted by atomic mass is 9.79. The van der Waals surface area contributed by atoms with Crippen LogP contribution >= 0.6 is 37.5 Å². The van der Waals surface area contributed by atoms with Crippen molar-refractivity contribution in [3.63, 3.8) is 0 Å². The van der Waals surface area contributed by atoms with E-state index in [1.807, 2.05) is 30.3 Å². The van der Waals surface area contributed by atoms with Crippen LogP contribution in [0.1, 0.15) is 243 Å². The Morgan fingerprint density at radius 3 is 0.822 bits per heavy atom. The van der Waals surface area contributed by atoms with Gasteiger partial charge in [0.15, 0.2) is 14.3 Å². The molecule has 0 radical (unpaired) electrons. The van der Waals surface area contributed by atoms with Gasteiger partial charge in [-0.1, -0.05) is 196 Å². The van der Waals surface area contributed by atoms with Crippen LogP contribution in [0, 0.1) is 0 Å². The first-order valence-corrected chi connectivity index (χ1v) is 36.4. The third-order valence-corrected chi connectivity index (χ3v) is 24.6. The molecule has 0 atom stereocenters. The Bertz CT molecular complexity index is 3470. The van der Waals surface area contributed by atoms with Gasteiger partial charge in [-0.25, -0.2) is 0 Å². The zero-order valence-corrected chi connectivity index (χ0v) is 63.3. The SMILES string of the molecule is COc1c(C(C)(C)C)cc(P(=O)(c2cc(C(C)(C)C)c(OC)c(C(C)(C)C)c2)c2ccc(Cl)c(O)c2-c2c(P(=O)(c3cc(C(C)(C)C)c(OC)c(C(C)(C)C)c3)c3cc(C(C)(C)C)c(OC)c(C(C)(C)C)c3)ccc(Cl)c2OC2CCCCC2)cc1C(C)(C)C. The summed E-state index contributed by atoms with van der Waals surface area (Å²) in [6, 6.07) is 23.5. The molecule has 1 aliphatic rings. The summed E-state index contributed by atoms with van der Waals surface area (Å²) in [5, 5.41) is 16.6. The molecule has 1 fully saturated rings. The van der Waals surface area contributed by atoms with Gasteiger partial charge in [0.2, 0.25) is 0 Å². The Hall–Kier alpha value is -4.84. The van der Waals surface area contributed by atoms with Gasteiger partial charge in [0, 0.05) is 87.5 Å². The molecular weight excluding hydrogens is 1200 g/mol. The van der Waals surface area contributed by atoms with E-state index in [1.54, 1.807) is 46.6 Å². The lowest BCUT2D eigenvalue weighted by molar-refractivity contribution is 0.156. The molecule has 1 N–H and O–H groups in total. The molecule has 90 heavy (non-hydrogen) atoms. The fourth-order valence-electron chi connectivity index (χ4n) is 13.0. The summed E-state index contributed by atoms with van der Waals surface area (Å²) >= 11 is 15.3. The van der Waals surface area contributed by atoms with Crippen molar-refractivity contribution in [2.75, 3.05) is 28.4 Å². The molecule has 0 spiro atoms. The first-order valence-electron chi connectivity index (χ1n) is 32.2. The van der Waals surface area contributed by atoms with Crippen LogP contribution in [0.4, 0.5) is 0 Å². The molecule has 6 aromatic rings. The van der Waals surface area contributed by atoms with Gasteiger partial charge in [-0.3, -0.25) is 0 Å². The molecule has 0 aromatic heterocycles. The second kappa shape index (κ2) is 25.1. The molecule has 0 unspecified atom stereocenters. The summed E-state index contributed by atoms with van der Waals surface area (Å²) in [6.07, 6.45) is 4.08. The van der Waals surface area contributed by atoms with Crippen molar-refractivity contribution < 1.29 is 37.9 Å². The highest BCUT2D eigenvalue weighted by Gasteiger charge is 2.46. The van der Waals surface area contributed by atoms with Crippen LogP contribution in [0.2, 0.25) is 10.0 Å². The number of halogens is 2. The minimum atomic E-state index is -4.46. The van der Waals surface area contributed by atoms with Crippen molar-refractivity contribution >= 4 is 69.3 Å². The molecule has 1 aliphatic carbocycles. The number of aromatic hydroxyl groups is 1. The largest absolute Gasteiger partial charge is 0.506 e. The first kappa shape index (κ1) is 72.6. The third-order valence-electron chi connectivity index (χ3n) is 18.0. The van der Waals surface area contributed by atoms with Crippen LogP contribution in [-0.4, -0.2) is 39.6 Å².